The van der Waals surface area contributed by atoms with Gasteiger partial charge in [0.2, 0.25) is 0 Å². The molecule has 1 heterocycles. The minimum Gasteiger partial charge on any atom is -0.398 e. The van der Waals surface area contributed by atoms with Gasteiger partial charge in [0.05, 0.1) is 12.5 Å². The average molecular weight is 234 g/mol. The second-order valence-electron chi connectivity index (χ2n) is 4.19. The van der Waals surface area contributed by atoms with Gasteiger partial charge in [-0.2, -0.15) is 5.26 Å². The van der Waals surface area contributed by atoms with Gasteiger partial charge in [-0.15, -0.1) is 0 Å². The molecule has 0 aromatic carbocycles. The van der Waals surface area contributed by atoms with Crippen LogP contribution in [0.1, 0.15) is 13.3 Å². The quantitative estimate of drug-likeness (QED) is 0.812. The molecule has 0 aliphatic heterocycles. The van der Waals surface area contributed by atoms with Gasteiger partial charge in [-0.05, 0) is 20.0 Å². The van der Waals surface area contributed by atoms with Crippen molar-refractivity contribution >= 4 is 5.69 Å². The van der Waals surface area contributed by atoms with Crippen LogP contribution in [0.5, 0.6) is 0 Å². The Morgan fingerprint density at radius 2 is 2.29 bits per heavy atom. The maximum absolute atomic E-state index is 11.5. The summed E-state index contributed by atoms with van der Waals surface area (Å²) in [6.45, 7) is 3.29. The molecule has 0 bridgehead atoms. The second kappa shape index (κ2) is 6.06. The summed E-state index contributed by atoms with van der Waals surface area (Å²) in [6.07, 6.45) is 2.13. The first-order valence-electron chi connectivity index (χ1n) is 5.57. The maximum Gasteiger partial charge on any atom is 0.250 e. The van der Waals surface area contributed by atoms with Gasteiger partial charge in [-0.1, -0.05) is 0 Å². The lowest BCUT2D eigenvalue weighted by Crippen LogP contribution is -2.33. The number of nitrogen functional groups attached to an aromatic ring is 1. The third-order valence-corrected chi connectivity index (χ3v) is 2.84. The van der Waals surface area contributed by atoms with E-state index in [1.54, 1.807) is 16.8 Å². The van der Waals surface area contributed by atoms with E-state index in [1.165, 1.54) is 6.07 Å². The Labute approximate surface area is 101 Å². The van der Waals surface area contributed by atoms with Gasteiger partial charge in [0.15, 0.2) is 0 Å². The van der Waals surface area contributed by atoms with Gasteiger partial charge < -0.3 is 15.2 Å². The summed E-state index contributed by atoms with van der Waals surface area (Å²) < 4.78 is 1.59. The van der Waals surface area contributed by atoms with E-state index in [2.05, 4.69) is 11.0 Å². The Morgan fingerprint density at radius 3 is 2.94 bits per heavy atom. The Balaban J connectivity index is 2.59. The first kappa shape index (κ1) is 13.3. The minimum absolute atomic E-state index is 0.0551. The number of aromatic nitrogens is 1. The molecule has 0 spiro atoms. The van der Waals surface area contributed by atoms with E-state index in [4.69, 9.17) is 11.0 Å². The summed E-state index contributed by atoms with van der Waals surface area (Å²) in [7, 11) is 1.94. The van der Waals surface area contributed by atoms with Crippen molar-refractivity contribution in [2.45, 2.75) is 25.9 Å². The van der Waals surface area contributed by atoms with Crippen molar-refractivity contribution in [3.8, 4) is 6.07 Å². The lowest BCUT2D eigenvalue weighted by molar-refractivity contribution is 0.249. The fourth-order valence-electron chi connectivity index (χ4n) is 1.50. The van der Waals surface area contributed by atoms with Gasteiger partial charge in [0.25, 0.3) is 5.56 Å². The number of nitrogens with two attached hydrogens (primary N) is 1. The van der Waals surface area contributed by atoms with E-state index < -0.39 is 0 Å². The number of hydrogen-bond acceptors (Lipinski definition) is 4. The number of hydrogen-bond donors (Lipinski definition) is 1. The Bertz CT molecular complexity index is 460. The van der Waals surface area contributed by atoms with Crippen molar-refractivity contribution in [2.75, 3.05) is 19.3 Å². The molecule has 5 nitrogen and oxygen atoms in total. The van der Waals surface area contributed by atoms with E-state index in [0.717, 1.165) is 0 Å². The van der Waals surface area contributed by atoms with E-state index >= 15 is 0 Å². The maximum atomic E-state index is 11.5. The van der Waals surface area contributed by atoms with Gasteiger partial charge in [0.1, 0.15) is 0 Å². The zero-order chi connectivity index (χ0) is 12.8. The zero-order valence-electron chi connectivity index (χ0n) is 10.3. The Kier molecular flexibility index (Phi) is 4.73. The SMILES string of the molecule is CC(CC#N)N(C)CCn1cc(N)ccc1=O. The predicted octanol–water partition coefficient (Wildman–Crippen LogP) is 0.664. The number of anilines is 1. The van der Waals surface area contributed by atoms with E-state index in [-0.39, 0.29) is 11.6 Å². The summed E-state index contributed by atoms with van der Waals surface area (Å²) in [5, 5.41) is 8.60. The molecule has 1 atom stereocenters. The van der Waals surface area contributed by atoms with Crippen LogP contribution in [0.15, 0.2) is 23.1 Å². The van der Waals surface area contributed by atoms with Crippen LogP contribution in [0.2, 0.25) is 0 Å². The molecule has 1 aromatic rings. The lowest BCUT2D eigenvalue weighted by Gasteiger charge is -2.22. The van der Waals surface area contributed by atoms with E-state index in [1.807, 2.05) is 14.0 Å². The molecular formula is C12H18N4O. The molecule has 5 heteroatoms. The molecule has 2 N–H and O–H groups in total. The smallest absolute Gasteiger partial charge is 0.250 e. The topological polar surface area (TPSA) is 75.1 Å². The number of nitriles is 1. The molecule has 0 saturated carbocycles. The number of likely N-dealkylation sites (N-methyl/N-ethyl adjacent to an activating group) is 1. The fourth-order valence-corrected chi connectivity index (χ4v) is 1.50. The van der Waals surface area contributed by atoms with E-state index in [0.29, 0.717) is 25.2 Å². The van der Waals surface area contributed by atoms with Crippen molar-refractivity contribution in [2.24, 2.45) is 0 Å². The van der Waals surface area contributed by atoms with Crippen molar-refractivity contribution in [1.29, 1.82) is 5.26 Å². The normalized spacial score (nSPS) is 12.4. The lowest BCUT2D eigenvalue weighted by atomic mass is 10.2. The van der Waals surface area contributed by atoms with Gasteiger partial charge in [0, 0.05) is 37.1 Å². The van der Waals surface area contributed by atoms with Crippen LogP contribution in [-0.2, 0) is 6.54 Å². The average Bonchev–Trinajstić information content (AvgIpc) is 2.30. The fraction of sp³-hybridized carbons (Fsp3) is 0.500. The molecule has 1 aromatic heterocycles. The molecule has 0 fully saturated rings. The molecule has 0 saturated heterocycles. The second-order valence-corrected chi connectivity index (χ2v) is 4.19. The number of pyridine rings is 1. The molecule has 17 heavy (non-hydrogen) atoms. The highest BCUT2D eigenvalue weighted by Crippen LogP contribution is 2.01. The van der Waals surface area contributed by atoms with Crippen LogP contribution in [0.3, 0.4) is 0 Å². The largest absolute Gasteiger partial charge is 0.398 e. The van der Waals surface area contributed by atoms with Gasteiger partial charge in [-0.25, -0.2) is 0 Å². The third kappa shape index (κ3) is 3.93. The zero-order valence-corrected chi connectivity index (χ0v) is 10.3. The first-order chi connectivity index (χ1) is 8.04. The highest BCUT2D eigenvalue weighted by molar-refractivity contribution is 5.33. The summed E-state index contributed by atoms with van der Waals surface area (Å²) >= 11 is 0. The monoisotopic (exact) mass is 234 g/mol. The number of rotatable bonds is 5. The Morgan fingerprint density at radius 1 is 1.59 bits per heavy atom. The van der Waals surface area contributed by atoms with Crippen LogP contribution in [0, 0.1) is 11.3 Å². The van der Waals surface area contributed by atoms with Gasteiger partial charge in [-0.3, -0.25) is 4.79 Å². The molecule has 1 unspecified atom stereocenters. The summed E-state index contributed by atoms with van der Waals surface area (Å²) in [4.78, 5) is 13.6. The standard InChI is InChI=1S/C12H18N4O/c1-10(5-6-13)15(2)7-8-16-9-11(14)3-4-12(16)17/h3-4,9-10H,5,7-8,14H2,1-2H3. The minimum atomic E-state index is -0.0551. The predicted molar refractivity (Wildman–Crippen MR) is 67.4 cm³/mol. The molecule has 92 valence electrons. The summed E-state index contributed by atoms with van der Waals surface area (Å²) in [5.74, 6) is 0. The first-order valence-corrected chi connectivity index (χ1v) is 5.57. The van der Waals surface area contributed by atoms with Crippen LogP contribution in [0.4, 0.5) is 5.69 Å². The van der Waals surface area contributed by atoms with Crippen molar-refractivity contribution in [3.63, 3.8) is 0 Å². The van der Waals surface area contributed by atoms with Crippen LogP contribution in [-0.4, -0.2) is 29.1 Å². The third-order valence-electron chi connectivity index (χ3n) is 2.84. The van der Waals surface area contributed by atoms with Crippen molar-refractivity contribution in [3.05, 3.63) is 28.7 Å². The molecule has 0 radical (unpaired) electrons. The number of nitrogens with zero attached hydrogens (tertiary/aromatic N) is 3. The van der Waals surface area contributed by atoms with Crippen LogP contribution >= 0.6 is 0 Å². The Hall–Kier alpha value is -1.80. The molecule has 1 rings (SSSR count). The van der Waals surface area contributed by atoms with Crippen LogP contribution < -0.4 is 11.3 Å². The summed E-state index contributed by atoms with van der Waals surface area (Å²) in [6, 6.07) is 5.39. The van der Waals surface area contributed by atoms with Gasteiger partial charge >= 0.3 is 0 Å². The summed E-state index contributed by atoms with van der Waals surface area (Å²) in [5.41, 5.74) is 6.15. The molecule has 0 aliphatic carbocycles. The highest BCUT2D eigenvalue weighted by Gasteiger charge is 2.08. The van der Waals surface area contributed by atoms with Crippen molar-refractivity contribution < 1.29 is 0 Å². The molecule has 0 amide bonds. The highest BCUT2D eigenvalue weighted by atomic mass is 16.1. The molecule has 0 aliphatic rings. The van der Waals surface area contributed by atoms with E-state index in [9.17, 15) is 4.79 Å². The molecular weight excluding hydrogens is 216 g/mol. The van der Waals surface area contributed by atoms with Crippen LogP contribution in [0.25, 0.3) is 0 Å². The van der Waals surface area contributed by atoms with Crippen molar-refractivity contribution in [1.82, 2.24) is 9.47 Å².